The molecule has 0 bridgehead atoms. The zero-order valence-electron chi connectivity index (χ0n) is 14.4. The van der Waals surface area contributed by atoms with Crippen molar-refractivity contribution in [2.24, 2.45) is 11.8 Å². The van der Waals surface area contributed by atoms with E-state index in [0.29, 0.717) is 6.04 Å². The van der Waals surface area contributed by atoms with Crippen LogP contribution in [-0.2, 0) is 4.74 Å². The highest BCUT2D eigenvalue weighted by Crippen LogP contribution is 2.47. The lowest BCUT2D eigenvalue weighted by Gasteiger charge is -2.24. The SMILES string of the molecule is COc1ccc(C2=CCOC2C)c(C)c1NC(C1CC1)C1CC1. The molecule has 0 radical (unpaired) electrons. The topological polar surface area (TPSA) is 30.5 Å². The highest BCUT2D eigenvalue weighted by Gasteiger charge is 2.42. The number of hydrogen-bond acceptors (Lipinski definition) is 3. The Morgan fingerprint density at radius 3 is 2.39 bits per heavy atom. The first kappa shape index (κ1) is 15.1. The van der Waals surface area contributed by atoms with Crippen LogP contribution in [0.5, 0.6) is 5.75 Å². The van der Waals surface area contributed by atoms with E-state index in [0.717, 1.165) is 24.2 Å². The number of hydrogen-bond donors (Lipinski definition) is 1. The second-order valence-corrected chi connectivity index (χ2v) is 7.30. The summed E-state index contributed by atoms with van der Waals surface area (Å²) in [6.45, 7) is 5.06. The van der Waals surface area contributed by atoms with Crippen LogP contribution in [-0.4, -0.2) is 25.9 Å². The average molecular weight is 313 g/mol. The zero-order chi connectivity index (χ0) is 16.0. The van der Waals surface area contributed by atoms with Crippen molar-refractivity contribution in [3.63, 3.8) is 0 Å². The van der Waals surface area contributed by atoms with Crippen LogP contribution in [0.1, 0.15) is 43.7 Å². The summed E-state index contributed by atoms with van der Waals surface area (Å²) in [6, 6.07) is 4.91. The van der Waals surface area contributed by atoms with Gasteiger partial charge in [-0.2, -0.15) is 0 Å². The summed E-state index contributed by atoms with van der Waals surface area (Å²) in [5.41, 5.74) is 5.08. The van der Waals surface area contributed by atoms with Crippen LogP contribution >= 0.6 is 0 Å². The average Bonchev–Trinajstić information content (AvgIpc) is 3.46. The molecule has 1 aromatic carbocycles. The van der Waals surface area contributed by atoms with E-state index in [1.165, 1.54) is 48.1 Å². The van der Waals surface area contributed by atoms with Gasteiger partial charge in [0.2, 0.25) is 0 Å². The fourth-order valence-electron chi connectivity index (χ4n) is 3.91. The van der Waals surface area contributed by atoms with Gasteiger partial charge in [-0.25, -0.2) is 0 Å². The Hall–Kier alpha value is -1.48. The summed E-state index contributed by atoms with van der Waals surface area (Å²) < 4.78 is 11.4. The van der Waals surface area contributed by atoms with Crippen LogP contribution in [0.15, 0.2) is 18.2 Å². The van der Waals surface area contributed by atoms with Crippen molar-refractivity contribution in [2.45, 2.75) is 51.7 Å². The van der Waals surface area contributed by atoms with E-state index in [2.05, 4.69) is 37.4 Å². The van der Waals surface area contributed by atoms with E-state index in [1.54, 1.807) is 7.11 Å². The van der Waals surface area contributed by atoms with Crippen molar-refractivity contribution in [1.82, 2.24) is 0 Å². The largest absolute Gasteiger partial charge is 0.495 e. The van der Waals surface area contributed by atoms with Gasteiger partial charge < -0.3 is 14.8 Å². The molecule has 1 atom stereocenters. The number of anilines is 1. The van der Waals surface area contributed by atoms with Crippen LogP contribution in [0.4, 0.5) is 5.69 Å². The van der Waals surface area contributed by atoms with Crippen LogP contribution in [0.2, 0.25) is 0 Å². The quantitative estimate of drug-likeness (QED) is 0.844. The van der Waals surface area contributed by atoms with Crippen LogP contribution < -0.4 is 10.1 Å². The van der Waals surface area contributed by atoms with Gasteiger partial charge in [0, 0.05) is 6.04 Å². The molecule has 23 heavy (non-hydrogen) atoms. The maximum Gasteiger partial charge on any atom is 0.142 e. The van der Waals surface area contributed by atoms with E-state index in [1.807, 2.05) is 0 Å². The van der Waals surface area contributed by atoms with Crippen molar-refractivity contribution in [3.8, 4) is 5.75 Å². The monoisotopic (exact) mass is 313 g/mol. The minimum atomic E-state index is 0.178. The number of ether oxygens (including phenoxy) is 2. The first-order chi connectivity index (χ1) is 11.2. The molecule has 3 heteroatoms. The summed E-state index contributed by atoms with van der Waals surface area (Å²) >= 11 is 0. The molecule has 0 aromatic heterocycles. The molecule has 2 aliphatic carbocycles. The first-order valence-electron chi connectivity index (χ1n) is 8.95. The van der Waals surface area contributed by atoms with E-state index >= 15 is 0 Å². The van der Waals surface area contributed by atoms with E-state index in [-0.39, 0.29) is 6.10 Å². The molecule has 124 valence electrons. The lowest BCUT2D eigenvalue weighted by molar-refractivity contribution is 0.147. The second kappa shape index (κ2) is 5.86. The predicted molar refractivity (Wildman–Crippen MR) is 94.0 cm³/mol. The predicted octanol–water partition coefficient (Wildman–Crippen LogP) is 4.41. The van der Waals surface area contributed by atoms with Crippen molar-refractivity contribution in [2.75, 3.05) is 19.0 Å². The third kappa shape index (κ3) is 2.87. The van der Waals surface area contributed by atoms with Crippen molar-refractivity contribution >= 4 is 11.3 Å². The summed E-state index contributed by atoms with van der Waals surface area (Å²) in [5.74, 6) is 2.69. The van der Waals surface area contributed by atoms with Gasteiger partial charge in [-0.3, -0.25) is 0 Å². The van der Waals surface area contributed by atoms with Crippen LogP contribution in [0.25, 0.3) is 5.57 Å². The lowest BCUT2D eigenvalue weighted by Crippen LogP contribution is -2.25. The molecule has 1 N–H and O–H groups in total. The molecule has 1 aromatic rings. The number of benzene rings is 1. The van der Waals surface area contributed by atoms with Gasteiger partial charge in [0.05, 0.1) is 25.5 Å². The van der Waals surface area contributed by atoms with Gasteiger partial charge in [0.15, 0.2) is 0 Å². The Labute approximate surface area is 139 Å². The van der Waals surface area contributed by atoms with Crippen molar-refractivity contribution in [1.29, 1.82) is 0 Å². The maximum atomic E-state index is 5.70. The van der Waals surface area contributed by atoms with Crippen LogP contribution in [0.3, 0.4) is 0 Å². The molecule has 4 rings (SSSR count). The summed E-state index contributed by atoms with van der Waals surface area (Å²) in [7, 11) is 1.77. The number of nitrogens with one attached hydrogen (secondary N) is 1. The lowest BCUT2D eigenvalue weighted by atomic mass is 9.95. The molecule has 1 unspecified atom stereocenters. The molecule has 1 heterocycles. The Morgan fingerprint density at radius 1 is 1.17 bits per heavy atom. The van der Waals surface area contributed by atoms with Crippen LogP contribution in [0, 0.1) is 18.8 Å². The second-order valence-electron chi connectivity index (χ2n) is 7.30. The van der Waals surface area contributed by atoms with Gasteiger partial charge in [-0.1, -0.05) is 12.1 Å². The fourth-order valence-corrected chi connectivity index (χ4v) is 3.91. The minimum absolute atomic E-state index is 0.178. The molecule has 2 fully saturated rings. The minimum Gasteiger partial charge on any atom is -0.495 e. The normalized spacial score (nSPS) is 24.0. The molecule has 0 saturated heterocycles. The first-order valence-corrected chi connectivity index (χ1v) is 8.95. The number of rotatable bonds is 6. The Bertz CT molecular complexity index is 617. The van der Waals surface area contributed by atoms with Crippen molar-refractivity contribution in [3.05, 3.63) is 29.3 Å². The van der Waals surface area contributed by atoms with E-state index in [4.69, 9.17) is 9.47 Å². The van der Waals surface area contributed by atoms with Gasteiger partial charge in [0.25, 0.3) is 0 Å². The molecule has 1 aliphatic heterocycles. The molecule has 0 spiro atoms. The Kier molecular flexibility index (Phi) is 3.84. The molecule has 3 aliphatic rings. The smallest absolute Gasteiger partial charge is 0.142 e. The van der Waals surface area contributed by atoms with Gasteiger partial charge in [-0.15, -0.1) is 0 Å². The summed E-state index contributed by atoms with van der Waals surface area (Å²) in [6.07, 6.45) is 7.91. The van der Waals surface area contributed by atoms with Gasteiger partial charge in [-0.05, 0) is 74.1 Å². The molecule has 3 nitrogen and oxygen atoms in total. The number of methoxy groups -OCH3 is 1. The molecular formula is C20H27NO2. The molecule has 2 saturated carbocycles. The maximum absolute atomic E-state index is 5.70. The fraction of sp³-hybridized carbons (Fsp3) is 0.600. The van der Waals surface area contributed by atoms with Gasteiger partial charge in [0.1, 0.15) is 5.75 Å². The highest BCUT2D eigenvalue weighted by molar-refractivity contribution is 5.79. The molecular weight excluding hydrogens is 286 g/mol. The van der Waals surface area contributed by atoms with E-state index < -0.39 is 0 Å². The van der Waals surface area contributed by atoms with Gasteiger partial charge >= 0.3 is 0 Å². The Morgan fingerprint density at radius 2 is 1.87 bits per heavy atom. The van der Waals surface area contributed by atoms with E-state index in [9.17, 15) is 0 Å². The third-order valence-electron chi connectivity index (χ3n) is 5.62. The molecule has 0 amide bonds. The summed E-state index contributed by atoms with van der Waals surface area (Å²) in [5, 5.41) is 3.88. The Balaban J connectivity index is 1.68. The standard InChI is InChI=1S/C20H27NO2/c1-12-16(17-10-11-23-13(17)2)8-9-18(22-3)19(12)21-20(14-4-5-14)15-6-7-15/h8-10,13-15,20-21H,4-7,11H2,1-3H3. The summed E-state index contributed by atoms with van der Waals surface area (Å²) in [4.78, 5) is 0. The highest BCUT2D eigenvalue weighted by atomic mass is 16.5. The third-order valence-corrected chi connectivity index (χ3v) is 5.62. The zero-order valence-corrected chi connectivity index (χ0v) is 14.4. The van der Waals surface area contributed by atoms with Crippen molar-refractivity contribution < 1.29 is 9.47 Å².